The third kappa shape index (κ3) is 2.21. The van der Waals surface area contributed by atoms with Gasteiger partial charge in [-0.05, 0) is 31.6 Å². The smallest absolute Gasteiger partial charge is 0.0646 e. The monoisotopic (exact) mass is 199 g/mol. The predicted octanol–water partition coefficient (Wildman–Crippen LogP) is 3.01. The minimum Gasteiger partial charge on any atom is -0.302 e. The third-order valence-corrected chi connectivity index (χ3v) is 5.05. The molecule has 13 heavy (non-hydrogen) atoms. The number of hydrogen-bond acceptors (Lipinski definition) is 2. The quantitative estimate of drug-likeness (QED) is 0.733. The predicted molar refractivity (Wildman–Crippen MR) is 60.1 cm³/mol. The number of hydrogen-bond donors (Lipinski definition) is 1. The van der Waals surface area contributed by atoms with Crippen LogP contribution in [0.1, 0.15) is 45.4 Å². The summed E-state index contributed by atoms with van der Waals surface area (Å²) >= 11 is 2.17. The molecule has 2 aliphatic rings. The van der Waals surface area contributed by atoms with E-state index in [1.807, 2.05) is 0 Å². The highest BCUT2D eigenvalue weighted by molar-refractivity contribution is 8.00. The van der Waals surface area contributed by atoms with Crippen molar-refractivity contribution < 1.29 is 0 Å². The summed E-state index contributed by atoms with van der Waals surface area (Å²) in [4.78, 5) is 0.518. The van der Waals surface area contributed by atoms with Gasteiger partial charge in [0.2, 0.25) is 0 Å². The van der Waals surface area contributed by atoms with E-state index in [1.54, 1.807) is 0 Å². The van der Waals surface area contributed by atoms with Gasteiger partial charge in [-0.15, -0.1) is 11.8 Å². The molecule has 1 aliphatic carbocycles. The van der Waals surface area contributed by atoms with Crippen molar-refractivity contribution in [2.24, 2.45) is 5.92 Å². The lowest BCUT2D eigenvalue weighted by Crippen LogP contribution is -2.40. The van der Waals surface area contributed by atoms with Crippen LogP contribution in [0.15, 0.2) is 0 Å². The Bertz CT molecular complexity index is 153. The number of nitrogens with one attached hydrogen (secondary N) is 1. The Morgan fingerprint density at radius 1 is 1.38 bits per heavy atom. The summed E-state index contributed by atoms with van der Waals surface area (Å²) < 4.78 is 0. The van der Waals surface area contributed by atoms with Crippen LogP contribution >= 0.6 is 11.8 Å². The van der Waals surface area contributed by atoms with Crippen LogP contribution in [0.25, 0.3) is 0 Å². The van der Waals surface area contributed by atoms with Gasteiger partial charge in [0.1, 0.15) is 0 Å². The zero-order valence-electron chi connectivity index (χ0n) is 8.64. The minimum atomic E-state index is 0.518. The fourth-order valence-corrected chi connectivity index (χ4v) is 4.06. The van der Waals surface area contributed by atoms with Gasteiger partial charge in [-0.1, -0.05) is 19.8 Å². The molecule has 1 saturated heterocycles. The highest BCUT2D eigenvalue weighted by atomic mass is 32.2. The standard InChI is InChI=1S/C11H21NS/c1-2-3-10-4-6-11(7-5-10)12-8-9-13-11/h10,12H,2-9H2,1H3. The van der Waals surface area contributed by atoms with Gasteiger partial charge >= 0.3 is 0 Å². The van der Waals surface area contributed by atoms with Gasteiger partial charge in [0, 0.05) is 12.3 Å². The Hall–Kier alpha value is 0.310. The Labute approximate surface area is 86.0 Å². The van der Waals surface area contributed by atoms with E-state index in [1.165, 1.54) is 50.8 Å². The number of thioether (sulfide) groups is 1. The minimum absolute atomic E-state index is 0.518. The molecule has 0 amide bonds. The molecule has 2 rings (SSSR count). The Morgan fingerprint density at radius 3 is 2.69 bits per heavy atom. The van der Waals surface area contributed by atoms with E-state index in [2.05, 4.69) is 24.0 Å². The van der Waals surface area contributed by atoms with E-state index < -0.39 is 0 Å². The Balaban J connectivity index is 1.81. The molecule has 2 heteroatoms. The number of rotatable bonds is 2. The van der Waals surface area contributed by atoms with Gasteiger partial charge in [-0.2, -0.15) is 0 Å². The van der Waals surface area contributed by atoms with E-state index in [0.29, 0.717) is 4.87 Å². The lowest BCUT2D eigenvalue weighted by Gasteiger charge is -2.36. The summed E-state index contributed by atoms with van der Waals surface area (Å²) in [6.07, 6.45) is 8.60. The molecule has 0 aromatic heterocycles. The van der Waals surface area contributed by atoms with Crippen LogP contribution in [0.2, 0.25) is 0 Å². The van der Waals surface area contributed by atoms with Gasteiger partial charge < -0.3 is 5.32 Å². The maximum atomic E-state index is 3.70. The molecule has 0 radical (unpaired) electrons. The van der Waals surface area contributed by atoms with Gasteiger partial charge in [-0.25, -0.2) is 0 Å². The second kappa shape index (κ2) is 4.22. The molecule has 0 aromatic rings. The van der Waals surface area contributed by atoms with Crippen LogP contribution < -0.4 is 5.32 Å². The van der Waals surface area contributed by atoms with Crippen molar-refractivity contribution in [1.82, 2.24) is 5.32 Å². The summed E-state index contributed by atoms with van der Waals surface area (Å²) in [6.45, 7) is 3.55. The first-order valence-electron chi connectivity index (χ1n) is 5.74. The van der Waals surface area contributed by atoms with E-state index in [4.69, 9.17) is 0 Å². The summed E-state index contributed by atoms with van der Waals surface area (Å²) in [6, 6.07) is 0. The van der Waals surface area contributed by atoms with Gasteiger partial charge in [0.25, 0.3) is 0 Å². The van der Waals surface area contributed by atoms with Crippen molar-refractivity contribution in [3.05, 3.63) is 0 Å². The average molecular weight is 199 g/mol. The summed E-state index contributed by atoms with van der Waals surface area (Å²) in [7, 11) is 0. The molecule has 1 nitrogen and oxygen atoms in total. The fraction of sp³-hybridized carbons (Fsp3) is 1.00. The summed E-state index contributed by atoms with van der Waals surface area (Å²) in [5.41, 5.74) is 0. The van der Waals surface area contributed by atoms with Crippen LogP contribution in [0.4, 0.5) is 0 Å². The van der Waals surface area contributed by atoms with Crippen molar-refractivity contribution in [1.29, 1.82) is 0 Å². The van der Waals surface area contributed by atoms with Crippen molar-refractivity contribution in [3.63, 3.8) is 0 Å². The second-order valence-electron chi connectivity index (χ2n) is 4.50. The van der Waals surface area contributed by atoms with Gasteiger partial charge in [0.15, 0.2) is 0 Å². The maximum Gasteiger partial charge on any atom is 0.0646 e. The Morgan fingerprint density at radius 2 is 2.15 bits per heavy atom. The zero-order chi connectivity index (χ0) is 9.15. The molecule has 0 bridgehead atoms. The molecule has 76 valence electrons. The molecular formula is C11H21NS. The van der Waals surface area contributed by atoms with Crippen molar-refractivity contribution in [2.45, 2.75) is 50.3 Å². The Kier molecular flexibility index (Phi) is 3.20. The molecular weight excluding hydrogens is 178 g/mol. The SMILES string of the molecule is CCCC1CCC2(CC1)NCCS2. The zero-order valence-corrected chi connectivity index (χ0v) is 9.46. The first-order valence-corrected chi connectivity index (χ1v) is 6.72. The average Bonchev–Trinajstić information content (AvgIpc) is 2.59. The highest BCUT2D eigenvalue weighted by Crippen LogP contribution is 2.43. The summed E-state index contributed by atoms with van der Waals surface area (Å²) in [5, 5.41) is 3.70. The maximum absolute atomic E-state index is 3.70. The van der Waals surface area contributed by atoms with Crippen molar-refractivity contribution in [3.8, 4) is 0 Å². The van der Waals surface area contributed by atoms with E-state index >= 15 is 0 Å². The van der Waals surface area contributed by atoms with Gasteiger partial charge in [-0.3, -0.25) is 0 Å². The molecule has 0 aromatic carbocycles. The molecule has 1 saturated carbocycles. The fourth-order valence-electron chi connectivity index (χ4n) is 2.74. The molecule has 0 atom stereocenters. The summed E-state index contributed by atoms with van der Waals surface area (Å²) in [5.74, 6) is 2.37. The van der Waals surface area contributed by atoms with Crippen LogP contribution in [0.5, 0.6) is 0 Å². The van der Waals surface area contributed by atoms with Crippen LogP contribution in [-0.4, -0.2) is 17.2 Å². The molecule has 0 unspecified atom stereocenters. The van der Waals surface area contributed by atoms with Crippen LogP contribution in [0, 0.1) is 5.92 Å². The van der Waals surface area contributed by atoms with E-state index in [9.17, 15) is 0 Å². The van der Waals surface area contributed by atoms with E-state index in [-0.39, 0.29) is 0 Å². The first-order chi connectivity index (χ1) is 6.35. The van der Waals surface area contributed by atoms with Crippen molar-refractivity contribution >= 4 is 11.8 Å². The molecule has 1 spiro atoms. The lowest BCUT2D eigenvalue weighted by molar-refractivity contribution is 0.265. The van der Waals surface area contributed by atoms with E-state index in [0.717, 1.165) is 5.92 Å². The topological polar surface area (TPSA) is 12.0 Å². The lowest BCUT2D eigenvalue weighted by atomic mass is 9.83. The van der Waals surface area contributed by atoms with Crippen molar-refractivity contribution in [2.75, 3.05) is 12.3 Å². The van der Waals surface area contributed by atoms with Gasteiger partial charge in [0.05, 0.1) is 4.87 Å². The molecule has 1 aliphatic heterocycles. The second-order valence-corrected chi connectivity index (χ2v) is 5.98. The largest absolute Gasteiger partial charge is 0.302 e. The normalized spacial score (nSPS) is 39.9. The van der Waals surface area contributed by atoms with Crippen LogP contribution in [-0.2, 0) is 0 Å². The molecule has 1 heterocycles. The van der Waals surface area contributed by atoms with Crippen LogP contribution in [0.3, 0.4) is 0 Å². The molecule has 1 N–H and O–H groups in total. The third-order valence-electron chi connectivity index (χ3n) is 3.54. The highest BCUT2D eigenvalue weighted by Gasteiger charge is 2.37. The molecule has 2 fully saturated rings. The first kappa shape index (κ1) is 9.85.